The second-order valence-corrected chi connectivity index (χ2v) is 6.73. The minimum absolute atomic E-state index is 0.132. The standard InChI is InChI=1S/C14H21NO3S/c1-5-6-9-15(4)19(17,18)14-10-13(12(3)16)8-7-11(14)2/h7-8,10H,5-6,9H2,1-4H3. The SMILES string of the molecule is CCCCN(C)S(=O)(=O)c1cc(C(C)=O)ccc1C. The number of Topliss-reactive ketones (excluding diaryl/α,β-unsaturated/α-hetero) is 1. The Labute approximate surface area is 115 Å². The summed E-state index contributed by atoms with van der Waals surface area (Å²) >= 11 is 0. The van der Waals surface area contributed by atoms with Crippen LogP contribution < -0.4 is 0 Å². The van der Waals surface area contributed by atoms with Crippen LogP contribution in [-0.2, 0) is 10.0 Å². The van der Waals surface area contributed by atoms with Gasteiger partial charge in [-0.15, -0.1) is 0 Å². The van der Waals surface area contributed by atoms with E-state index >= 15 is 0 Å². The number of benzene rings is 1. The molecule has 0 radical (unpaired) electrons. The third kappa shape index (κ3) is 3.64. The molecule has 0 saturated heterocycles. The van der Waals surface area contributed by atoms with Crippen LogP contribution in [0.1, 0.15) is 42.6 Å². The van der Waals surface area contributed by atoms with Gasteiger partial charge in [-0.05, 0) is 31.9 Å². The van der Waals surface area contributed by atoms with E-state index in [0.717, 1.165) is 12.8 Å². The molecule has 19 heavy (non-hydrogen) atoms. The molecule has 0 fully saturated rings. The van der Waals surface area contributed by atoms with Gasteiger partial charge < -0.3 is 0 Å². The van der Waals surface area contributed by atoms with Crippen molar-refractivity contribution in [2.24, 2.45) is 0 Å². The number of hydrogen-bond acceptors (Lipinski definition) is 3. The smallest absolute Gasteiger partial charge is 0.243 e. The first-order valence-corrected chi connectivity index (χ1v) is 7.82. The minimum atomic E-state index is -3.52. The van der Waals surface area contributed by atoms with Gasteiger partial charge in [-0.25, -0.2) is 12.7 Å². The van der Waals surface area contributed by atoms with Crippen molar-refractivity contribution in [1.29, 1.82) is 0 Å². The van der Waals surface area contributed by atoms with E-state index in [1.54, 1.807) is 26.1 Å². The lowest BCUT2D eigenvalue weighted by Crippen LogP contribution is -2.28. The first kappa shape index (κ1) is 15.9. The van der Waals surface area contributed by atoms with E-state index in [0.29, 0.717) is 17.7 Å². The molecule has 1 aromatic rings. The first-order valence-electron chi connectivity index (χ1n) is 6.38. The zero-order valence-electron chi connectivity index (χ0n) is 11.9. The molecule has 0 aromatic heterocycles. The summed E-state index contributed by atoms with van der Waals surface area (Å²) in [6.07, 6.45) is 1.76. The highest BCUT2D eigenvalue weighted by Crippen LogP contribution is 2.21. The highest BCUT2D eigenvalue weighted by Gasteiger charge is 2.23. The zero-order chi connectivity index (χ0) is 14.6. The summed E-state index contributed by atoms with van der Waals surface area (Å²) in [7, 11) is -1.94. The molecular formula is C14H21NO3S. The number of unbranched alkanes of at least 4 members (excludes halogenated alkanes) is 1. The number of carbonyl (C=O) groups is 1. The van der Waals surface area contributed by atoms with Crippen molar-refractivity contribution in [3.8, 4) is 0 Å². The summed E-state index contributed by atoms with van der Waals surface area (Å²) in [5.74, 6) is -0.132. The maximum atomic E-state index is 12.4. The van der Waals surface area contributed by atoms with E-state index in [4.69, 9.17) is 0 Å². The van der Waals surface area contributed by atoms with Crippen molar-refractivity contribution < 1.29 is 13.2 Å². The summed E-state index contributed by atoms with van der Waals surface area (Å²) in [6, 6.07) is 4.80. The lowest BCUT2D eigenvalue weighted by Gasteiger charge is -2.18. The van der Waals surface area contributed by atoms with Gasteiger partial charge in [-0.2, -0.15) is 0 Å². The van der Waals surface area contributed by atoms with Crippen molar-refractivity contribution in [3.63, 3.8) is 0 Å². The molecule has 106 valence electrons. The van der Waals surface area contributed by atoms with Crippen LogP contribution in [0.2, 0.25) is 0 Å². The summed E-state index contributed by atoms with van der Waals surface area (Å²) < 4.78 is 26.2. The number of rotatable bonds is 6. The van der Waals surface area contributed by atoms with Gasteiger partial charge >= 0.3 is 0 Å². The van der Waals surface area contributed by atoms with Crippen molar-refractivity contribution in [3.05, 3.63) is 29.3 Å². The number of ketones is 1. The topological polar surface area (TPSA) is 54.5 Å². The number of hydrogen-bond donors (Lipinski definition) is 0. The Balaban J connectivity index is 3.20. The maximum absolute atomic E-state index is 12.4. The largest absolute Gasteiger partial charge is 0.295 e. The summed E-state index contributed by atoms with van der Waals surface area (Å²) in [6.45, 7) is 5.68. The van der Waals surface area contributed by atoms with Gasteiger partial charge in [0.2, 0.25) is 10.0 Å². The molecule has 0 N–H and O–H groups in total. The monoisotopic (exact) mass is 283 g/mol. The van der Waals surface area contributed by atoms with Gasteiger partial charge in [-0.3, -0.25) is 4.79 Å². The average molecular weight is 283 g/mol. The quantitative estimate of drug-likeness (QED) is 0.754. The van der Waals surface area contributed by atoms with Gasteiger partial charge in [0.25, 0.3) is 0 Å². The molecule has 5 heteroatoms. The van der Waals surface area contributed by atoms with E-state index in [1.807, 2.05) is 6.92 Å². The van der Waals surface area contributed by atoms with Crippen molar-refractivity contribution in [1.82, 2.24) is 4.31 Å². The number of nitrogens with zero attached hydrogens (tertiary/aromatic N) is 1. The molecule has 0 heterocycles. The molecular weight excluding hydrogens is 262 g/mol. The van der Waals surface area contributed by atoms with E-state index in [-0.39, 0.29) is 10.7 Å². The Hall–Kier alpha value is -1.20. The Morgan fingerprint density at radius 3 is 2.47 bits per heavy atom. The minimum Gasteiger partial charge on any atom is -0.295 e. The van der Waals surface area contributed by atoms with Gasteiger partial charge in [0, 0.05) is 19.2 Å². The molecule has 0 aliphatic rings. The van der Waals surface area contributed by atoms with Crippen LogP contribution >= 0.6 is 0 Å². The van der Waals surface area contributed by atoms with Crippen LogP contribution in [0.5, 0.6) is 0 Å². The third-order valence-electron chi connectivity index (χ3n) is 3.11. The van der Waals surface area contributed by atoms with Gasteiger partial charge in [0.15, 0.2) is 5.78 Å². The second kappa shape index (κ2) is 6.30. The van der Waals surface area contributed by atoms with Crippen molar-refractivity contribution in [2.45, 2.75) is 38.5 Å². The molecule has 0 unspecified atom stereocenters. The molecule has 0 aliphatic heterocycles. The van der Waals surface area contributed by atoms with E-state index < -0.39 is 10.0 Å². The fourth-order valence-electron chi connectivity index (χ4n) is 1.77. The normalized spacial score (nSPS) is 11.8. The van der Waals surface area contributed by atoms with Gasteiger partial charge in [0.05, 0.1) is 4.90 Å². The lowest BCUT2D eigenvalue weighted by atomic mass is 10.1. The number of aryl methyl sites for hydroxylation is 1. The lowest BCUT2D eigenvalue weighted by molar-refractivity contribution is 0.101. The van der Waals surface area contributed by atoms with Crippen LogP contribution in [0.15, 0.2) is 23.1 Å². The Kier molecular flexibility index (Phi) is 5.26. The summed E-state index contributed by atoms with van der Waals surface area (Å²) in [5.41, 5.74) is 1.08. The van der Waals surface area contributed by atoms with E-state index in [9.17, 15) is 13.2 Å². The molecule has 0 saturated carbocycles. The molecule has 1 aromatic carbocycles. The number of sulfonamides is 1. The van der Waals surface area contributed by atoms with Gasteiger partial charge in [-0.1, -0.05) is 25.5 Å². The van der Waals surface area contributed by atoms with Crippen LogP contribution in [0.3, 0.4) is 0 Å². The van der Waals surface area contributed by atoms with Crippen LogP contribution in [0.25, 0.3) is 0 Å². The first-order chi connectivity index (χ1) is 8.80. The highest BCUT2D eigenvalue weighted by atomic mass is 32.2. The number of carbonyl (C=O) groups excluding carboxylic acids is 1. The fourth-order valence-corrected chi connectivity index (χ4v) is 3.22. The van der Waals surface area contributed by atoms with Crippen LogP contribution in [0.4, 0.5) is 0 Å². The molecule has 0 spiro atoms. The Bertz CT molecular complexity index is 564. The molecule has 1 rings (SSSR count). The van der Waals surface area contributed by atoms with E-state index in [1.165, 1.54) is 17.3 Å². The van der Waals surface area contributed by atoms with Crippen LogP contribution in [0, 0.1) is 6.92 Å². The van der Waals surface area contributed by atoms with Crippen LogP contribution in [-0.4, -0.2) is 32.1 Å². The average Bonchev–Trinajstić information content (AvgIpc) is 2.35. The van der Waals surface area contributed by atoms with Gasteiger partial charge in [0.1, 0.15) is 0 Å². The Morgan fingerprint density at radius 1 is 1.32 bits per heavy atom. The Morgan fingerprint density at radius 2 is 1.95 bits per heavy atom. The predicted molar refractivity (Wildman–Crippen MR) is 75.9 cm³/mol. The molecule has 0 amide bonds. The fraction of sp³-hybridized carbons (Fsp3) is 0.500. The molecule has 0 atom stereocenters. The van der Waals surface area contributed by atoms with Crippen molar-refractivity contribution >= 4 is 15.8 Å². The highest BCUT2D eigenvalue weighted by molar-refractivity contribution is 7.89. The molecule has 0 aliphatic carbocycles. The van der Waals surface area contributed by atoms with Crippen molar-refractivity contribution in [2.75, 3.05) is 13.6 Å². The maximum Gasteiger partial charge on any atom is 0.243 e. The molecule has 4 nitrogen and oxygen atoms in total. The van der Waals surface area contributed by atoms with E-state index in [2.05, 4.69) is 0 Å². The zero-order valence-corrected chi connectivity index (χ0v) is 12.8. The summed E-state index contributed by atoms with van der Waals surface area (Å²) in [5, 5.41) is 0. The third-order valence-corrected chi connectivity index (χ3v) is 5.11. The predicted octanol–water partition coefficient (Wildman–Crippen LogP) is 2.62. The second-order valence-electron chi connectivity index (χ2n) is 4.72. The molecule has 0 bridgehead atoms. The summed E-state index contributed by atoms with van der Waals surface area (Å²) in [4.78, 5) is 11.6.